The molecule has 21 heavy (non-hydrogen) atoms. The SMILES string of the molecule is CN1CCN(S(=O)(=O)c2c[nH]c(=O)c(Cl)c2)C(C)(C)C1=O. The Morgan fingerprint density at radius 1 is 1.29 bits per heavy atom. The number of amides is 1. The summed E-state index contributed by atoms with van der Waals surface area (Å²) >= 11 is 5.68. The van der Waals surface area contributed by atoms with Gasteiger partial charge in [-0.15, -0.1) is 0 Å². The molecule has 0 bridgehead atoms. The minimum absolute atomic E-state index is 0.141. The molecule has 0 aromatic carbocycles. The van der Waals surface area contributed by atoms with E-state index in [9.17, 15) is 18.0 Å². The molecule has 0 unspecified atom stereocenters. The number of rotatable bonds is 2. The molecule has 1 N–H and O–H groups in total. The van der Waals surface area contributed by atoms with Gasteiger partial charge >= 0.3 is 0 Å². The molecular formula is C12H16ClN3O4S. The van der Waals surface area contributed by atoms with Crippen molar-refractivity contribution in [3.05, 3.63) is 27.6 Å². The summed E-state index contributed by atoms with van der Waals surface area (Å²) in [5.74, 6) is -0.284. The van der Waals surface area contributed by atoms with Crippen molar-refractivity contribution in [1.82, 2.24) is 14.2 Å². The topological polar surface area (TPSA) is 90.6 Å². The van der Waals surface area contributed by atoms with Crippen LogP contribution in [0.25, 0.3) is 0 Å². The smallest absolute Gasteiger partial charge is 0.266 e. The molecule has 1 aromatic heterocycles. The van der Waals surface area contributed by atoms with Gasteiger partial charge in [0, 0.05) is 26.3 Å². The summed E-state index contributed by atoms with van der Waals surface area (Å²) in [6, 6.07) is 1.09. The maximum absolute atomic E-state index is 12.7. The number of carbonyl (C=O) groups excluding carboxylic acids is 1. The van der Waals surface area contributed by atoms with Crippen molar-refractivity contribution in [2.24, 2.45) is 0 Å². The number of aromatic amines is 1. The Morgan fingerprint density at radius 3 is 2.48 bits per heavy atom. The molecule has 0 atom stereocenters. The van der Waals surface area contributed by atoms with Crippen LogP contribution in [0.5, 0.6) is 0 Å². The number of hydrogen-bond donors (Lipinski definition) is 1. The second kappa shape index (κ2) is 5.11. The van der Waals surface area contributed by atoms with Gasteiger partial charge in [-0.05, 0) is 19.9 Å². The van der Waals surface area contributed by atoms with E-state index in [0.29, 0.717) is 6.54 Å². The molecule has 0 saturated carbocycles. The molecule has 1 amide bonds. The number of hydrogen-bond acceptors (Lipinski definition) is 4. The normalized spacial score (nSPS) is 19.8. The highest BCUT2D eigenvalue weighted by atomic mass is 35.5. The Hall–Kier alpha value is -1.38. The van der Waals surface area contributed by atoms with E-state index in [4.69, 9.17) is 11.6 Å². The van der Waals surface area contributed by atoms with Crippen molar-refractivity contribution in [3.63, 3.8) is 0 Å². The molecule has 2 rings (SSSR count). The standard InChI is InChI=1S/C12H16ClN3O4S/c1-12(2)11(18)15(3)4-5-16(12)21(19,20)8-6-9(13)10(17)14-7-8/h6-7H,4-5H2,1-3H3,(H,14,17). The number of H-pyrrole nitrogens is 1. The van der Waals surface area contributed by atoms with Crippen LogP contribution in [0.15, 0.2) is 22.0 Å². The van der Waals surface area contributed by atoms with E-state index in [1.54, 1.807) is 20.9 Å². The molecule has 0 spiro atoms. The summed E-state index contributed by atoms with van der Waals surface area (Å²) in [6.45, 7) is 3.58. The van der Waals surface area contributed by atoms with Gasteiger partial charge in [0.2, 0.25) is 15.9 Å². The average Bonchev–Trinajstić information content (AvgIpc) is 2.38. The summed E-state index contributed by atoms with van der Waals surface area (Å²) in [5, 5.41) is -0.214. The highest BCUT2D eigenvalue weighted by molar-refractivity contribution is 7.89. The van der Waals surface area contributed by atoms with Gasteiger partial charge in [-0.1, -0.05) is 11.6 Å². The zero-order valence-electron chi connectivity index (χ0n) is 11.9. The molecule has 1 aliphatic heterocycles. The minimum atomic E-state index is -3.93. The lowest BCUT2D eigenvalue weighted by atomic mass is 10.0. The van der Waals surface area contributed by atoms with Gasteiger partial charge in [0.15, 0.2) is 0 Å². The van der Waals surface area contributed by atoms with Crippen LogP contribution in [0.1, 0.15) is 13.8 Å². The first-order valence-corrected chi connectivity index (χ1v) is 8.07. The van der Waals surface area contributed by atoms with Gasteiger partial charge in [0.25, 0.3) is 5.56 Å². The van der Waals surface area contributed by atoms with E-state index < -0.39 is 21.1 Å². The second-order valence-corrected chi connectivity index (χ2v) is 7.64. The van der Waals surface area contributed by atoms with Crippen molar-refractivity contribution >= 4 is 27.5 Å². The molecule has 0 aliphatic carbocycles. The molecule has 2 heterocycles. The lowest BCUT2D eigenvalue weighted by Gasteiger charge is -2.43. The highest BCUT2D eigenvalue weighted by Crippen LogP contribution is 2.28. The number of carbonyl (C=O) groups is 1. The minimum Gasteiger partial charge on any atom is -0.343 e. The number of halogens is 1. The van der Waals surface area contributed by atoms with Crippen molar-refractivity contribution in [2.45, 2.75) is 24.3 Å². The number of nitrogens with one attached hydrogen (secondary N) is 1. The summed E-state index contributed by atoms with van der Waals surface area (Å²) in [5.41, 5.74) is -1.77. The van der Waals surface area contributed by atoms with Gasteiger partial charge in [-0.3, -0.25) is 9.59 Å². The van der Waals surface area contributed by atoms with Gasteiger partial charge in [-0.25, -0.2) is 8.42 Å². The lowest BCUT2D eigenvalue weighted by Crippen LogP contribution is -2.63. The first-order valence-electron chi connectivity index (χ1n) is 6.25. The van der Waals surface area contributed by atoms with Gasteiger partial charge in [0.1, 0.15) is 10.6 Å². The van der Waals surface area contributed by atoms with Crippen LogP contribution < -0.4 is 5.56 Å². The molecule has 7 nitrogen and oxygen atoms in total. The van der Waals surface area contributed by atoms with E-state index >= 15 is 0 Å². The van der Waals surface area contributed by atoms with E-state index in [-0.39, 0.29) is 22.4 Å². The third kappa shape index (κ3) is 2.58. The first-order chi connectivity index (χ1) is 9.58. The molecule has 116 valence electrons. The monoisotopic (exact) mass is 333 g/mol. The molecule has 9 heteroatoms. The van der Waals surface area contributed by atoms with Crippen molar-refractivity contribution in [1.29, 1.82) is 0 Å². The fourth-order valence-corrected chi connectivity index (χ4v) is 4.30. The fraction of sp³-hybridized carbons (Fsp3) is 0.500. The predicted octanol–water partition coefficient (Wildman–Crippen LogP) is 0.270. The van der Waals surface area contributed by atoms with Crippen molar-refractivity contribution in [3.8, 4) is 0 Å². The summed E-state index contributed by atoms with van der Waals surface area (Å²) in [6.07, 6.45) is 1.09. The maximum Gasteiger partial charge on any atom is 0.266 e. The predicted molar refractivity (Wildman–Crippen MR) is 77.7 cm³/mol. The lowest BCUT2D eigenvalue weighted by molar-refractivity contribution is -0.142. The number of aromatic nitrogens is 1. The Kier molecular flexibility index (Phi) is 3.90. The number of likely N-dealkylation sites (N-methyl/N-ethyl adjacent to an activating group) is 1. The van der Waals surface area contributed by atoms with Crippen LogP contribution in [0.4, 0.5) is 0 Å². The molecule has 1 aromatic rings. The Balaban J connectivity index is 2.50. The van der Waals surface area contributed by atoms with Crippen molar-refractivity contribution in [2.75, 3.05) is 20.1 Å². The van der Waals surface area contributed by atoms with E-state index in [1.165, 1.54) is 4.90 Å². The molecule has 1 saturated heterocycles. The molecule has 1 fully saturated rings. The summed E-state index contributed by atoms with van der Waals surface area (Å²) < 4.78 is 26.5. The largest absolute Gasteiger partial charge is 0.343 e. The average molecular weight is 334 g/mol. The van der Waals surface area contributed by atoms with Crippen LogP contribution in [0.2, 0.25) is 5.02 Å². The Morgan fingerprint density at radius 2 is 1.90 bits per heavy atom. The Bertz CT molecular complexity index is 741. The maximum atomic E-state index is 12.7. The fourth-order valence-electron chi connectivity index (χ4n) is 2.33. The highest BCUT2D eigenvalue weighted by Gasteiger charge is 2.47. The third-order valence-corrected chi connectivity index (χ3v) is 5.88. The zero-order chi connectivity index (χ0) is 16.0. The van der Waals surface area contributed by atoms with E-state index in [0.717, 1.165) is 16.6 Å². The number of nitrogens with zero attached hydrogens (tertiary/aromatic N) is 2. The van der Waals surface area contributed by atoms with E-state index in [1.807, 2.05) is 0 Å². The van der Waals surface area contributed by atoms with Gasteiger partial charge in [-0.2, -0.15) is 4.31 Å². The van der Waals surface area contributed by atoms with Crippen LogP contribution in [-0.2, 0) is 14.8 Å². The number of piperazine rings is 1. The number of pyridine rings is 1. The van der Waals surface area contributed by atoms with Crippen LogP contribution in [0.3, 0.4) is 0 Å². The Labute approximate surface area is 127 Å². The van der Waals surface area contributed by atoms with Crippen LogP contribution in [0, 0.1) is 0 Å². The third-order valence-electron chi connectivity index (χ3n) is 3.55. The molecular weight excluding hydrogens is 318 g/mol. The molecule has 0 radical (unpaired) electrons. The first kappa shape index (κ1) is 16.0. The second-order valence-electron chi connectivity index (χ2n) is 5.38. The van der Waals surface area contributed by atoms with E-state index in [2.05, 4.69) is 4.98 Å². The summed E-state index contributed by atoms with van der Waals surface area (Å²) in [7, 11) is -2.30. The van der Waals surface area contributed by atoms with Crippen molar-refractivity contribution < 1.29 is 13.2 Å². The van der Waals surface area contributed by atoms with Gasteiger partial charge < -0.3 is 9.88 Å². The van der Waals surface area contributed by atoms with Crippen LogP contribution >= 0.6 is 11.6 Å². The van der Waals surface area contributed by atoms with Crippen LogP contribution in [-0.4, -0.2) is 54.2 Å². The quantitative estimate of drug-likeness (QED) is 0.841. The molecule has 1 aliphatic rings. The number of sulfonamides is 1. The van der Waals surface area contributed by atoms with Gasteiger partial charge in [0.05, 0.1) is 4.90 Å². The zero-order valence-corrected chi connectivity index (χ0v) is 13.5. The summed E-state index contributed by atoms with van der Waals surface area (Å²) in [4.78, 5) is 27.1.